The van der Waals surface area contributed by atoms with Crippen molar-refractivity contribution < 1.29 is 19.8 Å². The van der Waals surface area contributed by atoms with Crippen LogP contribution < -0.4 is 10.2 Å². The number of nitrogens with one attached hydrogen (secondary N) is 1. The number of anilines is 1. The average Bonchev–Trinajstić information content (AvgIpc) is 2.90. The summed E-state index contributed by atoms with van der Waals surface area (Å²) in [5.74, 6) is -0.153. The number of carboxylic acid groups (broad SMARTS) is 1. The van der Waals surface area contributed by atoms with Crippen LogP contribution in [0, 0.1) is 5.41 Å². The molecular weight excluding hydrogens is 356 g/mol. The van der Waals surface area contributed by atoms with Gasteiger partial charge in [0, 0.05) is 6.54 Å². The van der Waals surface area contributed by atoms with E-state index in [9.17, 15) is 19.8 Å². The summed E-state index contributed by atoms with van der Waals surface area (Å²) < 4.78 is 0. The van der Waals surface area contributed by atoms with Gasteiger partial charge in [-0.15, -0.1) is 0 Å². The second kappa shape index (κ2) is 8.44. The van der Waals surface area contributed by atoms with Crippen LogP contribution in [0.3, 0.4) is 0 Å². The molecule has 6 nitrogen and oxygen atoms in total. The molecule has 0 aliphatic carbocycles. The molecule has 0 aromatic heterocycles. The third kappa shape index (κ3) is 3.87. The topological polar surface area (TPSA) is 89.9 Å². The van der Waals surface area contributed by atoms with Crippen molar-refractivity contribution in [2.45, 2.75) is 32.2 Å². The van der Waals surface area contributed by atoms with Crippen LogP contribution in [0.1, 0.15) is 36.9 Å². The van der Waals surface area contributed by atoms with Gasteiger partial charge in [-0.05, 0) is 36.5 Å². The van der Waals surface area contributed by atoms with Gasteiger partial charge in [-0.25, -0.2) is 4.79 Å². The van der Waals surface area contributed by atoms with Crippen molar-refractivity contribution in [1.82, 2.24) is 5.32 Å². The smallest absolute Gasteiger partial charge is 0.411 e. The van der Waals surface area contributed by atoms with E-state index in [2.05, 4.69) is 5.32 Å². The zero-order chi connectivity index (χ0) is 20.1. The number of rotatable bonds is 5. The van der Waals surface area contributed by atoms with Crippen molar-refractivity contribution in [3.8, 4) is 0 Å². The van der Waals surface area contributed by atoms with Crippen molar-refractivity contribution in [3.05, 3.63) is 65.7 Å². The Hall–Kier alpha value is -2.86. The molecule has 1 unspecified atom stereocenters. The lowest BCUT2D eigenvalue weighted by Gasteiger charge is -2.32. The largest absolute Gasteiger partial charge is 0.465 e. The van der Waals surface area contributed by atoms with Gasteiger partial charge in [-0.1, -0.05) is 55.5 Å². The molecule has 148 valence electrons. The third-order valence-corrected chi connectivity index (χ3v) is 5.70. The maximum Gasteiger partial charge on any atom is 0.411 e. The van der Waals surface area contributed by atoms with E-state index in [0.717, 1.165) is 11.1 Å². The van der Waals surface area contributed by atoms with E-state index in [-0.39, 0.29) is 19.1 Å². The zero-order valence-electron chi connectivity index (χ0n) is 16.0. The highest BCUT2D eigenvalue weighted by atomic mass is 16.4. The van der Waals surface area contributed by atoms with Crippen LogP contribution in [-0.4, -0.2) is 35.4 Å². The minimum Gasteiger partial charge on any atom is -0.465 e. The summed E-state index contributed by atoms with van der Waals surface area (Å²) in [4.78, 5) is 26.4. The van der Waals surface area contributed by atoms with Gasteiger partial charge in [-0.3, -0.25) is 9.69 Å². The summed E-state index contributed by atoms with van der Waals surface area (Å²) >= 11 is 0. The van der Waals surface area contributed by atoms with Gasteiger partial charge in [0.05, 0.1) is 23.8 Å². The number of benzene rings is 2. The summed E-state index contributed by atoms with van der Waals surface area (Å²) in [5.41, 5.74) is 1.59. The van der Waals surface area contributed by atoms with E-state index < -0.39 is 17.6 Å². The Kier molecular flexibility index (Phi) is 5.99. The Labute approximate surface area is 164 Å². The van der Waals surface area contributed by atoms with Crippen molar-refractivity contribution in [2.75, 3.05) is 18.1 Å². The molecule has 6 heteroatoms. The van der Waals surface area contributed by atoms with Gasteiger partial charge in [0.15, 0.2) is 0 Å². The number of fused-ring (bicyclic) bond motifs is 1. The van der Waals surface area contributed by atoms with Crippen molar-refractivity contribution in [3.63, 3.8) is 0 Å². The maximum absolute atomic E-state index is 13.3. The number of hydrogen-bond donors (Lipinski definition) is 3. The molecule has 2 atom stereocenters. The lowest BCUT2D eigenvalue weighted by Crippen LogP contribution is -2.45. The molecule has 0 saturated carbocycles. The standard InChI is InChI=1S/C22H26N2O4/c1-2-22(20(26)23-18(15-25)16-8-4-3-5-9-16)12-13-24(21(27)28)19-11-7-6-10-17(19)14-22/h3-11,18,25H,2,12-15H2,1H3,(H,23,26)(H,27,28)/t18-,22?/m0/s1. The molecule has 0 spiro atoms. The van der Waals surface area contributed by atoms with E-state index in [1.165, 1.54) is 4.90 Å². The molecule has 0 fully saturated rings. The molecular formula is C22H26N2O4. The highest BCUT2D eigenvalue weighted by molar-refractivity contribution is 5.89. The predicted molar refractivity (Wildman–Crippen MR) is 107 cm³/mol. The van der Waals surface area contributed by atoms with Crippen LogP contribution in [0.4, 0.5) is 10.5 Å². The van der Waals surface area contributed by atoms with E-state index in [4.69, 9.17) is 0 Å². The first-order valence-corrected chi connectivity index (χ1v) is 9.56. The fourth-order valence-electron chi connectivity index (χ4n) is 3.91. The maximum atomic E-state index is 13.3. The first kappa shape index (κ1) is 19.9. The fourth-order valence-corrected chi connectivity index (χ4v) is 3.91. The number of carbonyl (C=O) groups is 2. The zero-order valence-corrected chi connectivity index (χ0v) is 16.0. The molecule has 2 amide bonds. The molecule has 28 heavy (non-hydrogen) atoms. The lowest BCUT2D eigenvalue weighted by atomic mass is 9.75. The van der Waals surface area contributed by atoms with Gasteiger partial charge >= 0.3 is 6.09 Å². The predicted octanol–water partition coefficient (Wildman–Crippen LogP) is 3.36. The number of amides is 2. The molecule has 1 heterocycles. The van der Waals surface area contributed by atoms with Gasteiger partial charge in [0.25, 0.3) is 0 Å². The number of para-hydroxylation sites is 1. The third-order valence-electron chi connectivity index (χ3n) is 5.70. The first-order valence-electron chi connectivity index (χ1n) is 9.56. The first-order chi connectivity index (χ1) is 13.5. The highest BCUT2D eigenvalue weighted by Gasteiger charge is 2.41. The Bertz CT molecular complexity index is 839. The van der Waals surface area contributed by atoms with E-state index in [1.54, 1.807) is 6.07 Å². The van der Waals surface area contributed by atoms with Gasteiger partial charge in [0.2, 0.25) is 5.91 Å². The molecule has 0 radical (unpaired) electrons. The van der Waals surface area contributed by atoms with Crippen LogP contribution in [0.25, 0.3) is 0 Å². The molecule has 1 aliphatic rings. The molecule has 2 aromatic rings. The second-order valence-corrected chi connectivity index (χ2v) is 7.24. The van der Waals surface area contributed by atoms with Crippen LogP contribution in [-0.2, 0) is 11.2 Å². The molecule has 0 bridgehead atoms. The summed E-state index contributed by atoms with van der Waals surface area (Å²) in [6.07, 6.45) is 0.441. The van der Waals surface area contributed by atoms with Crippen LogP contribution >= 0.6 is 0 Å². The summed E-state index contributed by atoms with van der Waals surface area (Å²) in [7, 11) is 0. The van der Waals surface area contributed by atoms with E-state index in [1.807, 2.05) is 55.5 Å². The molecule has 3 rings (SSSR count). The van der Waals surface area contributed by atoms with Gasteiger partial charge < -0.3 is 15.5 Å². The number of hydrogen-bond acceptors (Lipinski definition) is 3. The highest BCUT2D eigenvalue weighted by Crippen LogP contribution is 2.39. The van der Waals surface area contributed by atoms with Crippen LogP contribution in [0.5, 0.6) is 0 Å². The Balaban J connectivity index is 1.90. The quantitative estimate of drug-likeness (QED) is 0.740. The lowest BCUT2D eigenvalue weighted by molar-refractivity contribution is -0.132. The molecule has 1 aliphatic heterocycles. The van der Waals surface area contributed by atoms with Crippen molar-refractivity contribution >= 4 is 17.7 Å². The number of aliphatic hydroxyl groups is 1. The van der Waals surface area contributed by atoms with Gasteiger partial charge in [0.1, 0.15) is 0 Å². The summed E-state index contributed by atoms with van der Waals surface area (Å²) in [5, 5.41) is 22.4. The normalized spacial score (nSPS) is 20.0. The summed E-state index contributed by atoms with van der Waals surface area (Å²) in [6, 6.07) is 16.2. The Morgan fingerprint density at radius 1 is 1.14 bits per heavy atom. The van der Waals surface area contributed by atoms with E-state index >= 15 is 0 Å². The monoisotopic (exact) mass is 382 g/mol. The number of nitrogens with zero attached hydrogens (tertiary/aromatic N) is 1. The van der Waals surface area contributed by atoms with Crippen molar-refractivity contribution in [1.29, 1.82) is 0 Å². The summed E-state index contributed by atoms with van der Waals surface area (Å²) in [6.45, 7) is 2.01. The number of carbonyl (C=O) groups excluding carboxylic acids is 1. The number of aliphatic hydroxyl groups excluding tert-OH is 1. The minimum atomic E-state index is -1.02. The molecule has 2 aromatic carbocycles. The van der Waals surface area contributed by atoms with Crippen LogP contribution in [0.15, 0.2) is 54.6 Å². The Morgan fingerprint density at radius 2 is 1.82 bits per heavy atom. The molecule has 3 N–H and O–H groups in total. The van der Waals surface area contributed by atoms with E-state index in [0.29, 0.717) is 24.9 Å². The SMILES string of the molecule is CCC1(C(=O)N[C@@H](CO)c2ccccc2)CCN(C(=O)O)c2ccccc2C1. The van der Waals surface area contributed by atoms with Crippen LogP contribution in [0.2, 0.25) is 0 Å². The van der Waals surface area contributed by atoms with Crippen molar-refractivity contribution in [2.24, 2.45) is 5.41 Å². The minimum absolute atomic E-state index is 0.153. The molecule has 0 saturated heterocycles. The Morgan fingerprint density at radius 3 is 2.46 bits per heavy atom. The average molecular weight is 382 g/mol. The fraction of sp³-hybridized carbons (Fsp3) is 0.364. The second-order valence-electron chi connectivity index (χ2n) is 7.24. The van der Waals surface area contributed by atoms with Gasteiger partial charge in [-0.2, -0.15) is 0 Å².